The number of nitrogens with zero attached hydrogens (tertiary/aromatic N) is 2. The molecular weight excluding hydrogens is 716 g/mol. The number of methoxy groups -OCH3 is 3. The molecule has 56 heavy (non-hydrogen) atoms. The number of unbranched alkanes of at least 4 members (excludes halogenated alkanes) is 3. The topological polar surface area (TPSA) is 186 Å². The Morgan fingerprint density at radius 1 is 0.875 bits per heavy atom. The third kappa shape index (κ3) is 7.86. The molecule has 0 amide bonds. The van der Waals surface area contributed by atoms with Crippen molar-refractivity contribution >= 4 is 40.0 Å². The van der Waals surface area contributed by atoms with Gasteiger partial charge in [0.05, 0.1) is 62.0 Å². The standard InChI is InChI=1S/C43H58N4O9/c1-11-13-14-15-18-56-26(6)37-24(4)30-20-29-23(3)27(16-17-35(48)53-8)39(45-29)28(19-36(49)54-9)40-38(41(50)55-10)25(5)31(46-40)21-34-43(52,12-2)42(7,51)33(47-34)22-32(37)44-30/h20-23,26-27,44,46,51-52H,11-19H2,1-10H3/t23-,26?,27-,42?,43?/m0/s1. The van der Waals surface area contributed by atoms with E-state index in [0.29, 0.717) is 52.1 Å². The van der Waals surface area contributed by atoms with Crippen LogP contribution in [-0.4, -0.2) is 76.0 Å². The summed E-state index contributed by atoms with van der Waals surface area (Å²) in [5, 5.41) is 24.4. The van der Waals surface area contributed by atoms with Crippen molar-refractivity contribution in [1.29, 1.82) is 0 Å². The second-order valence-electron chi connectivity index (χ2n) is 15.2. The highest BCUT2D eigenvalue weighted by molar-refractivity contribution is 6.03. The average Bonchev–Trinajstić information content (AvgIpc) is 3.83. The smallest absolute Gasteiger partial charge is 0.340 e. The van der Waals surface area contributed by atoms with Gasteiger partial charge >= 0.3 is 17.9 Å². The van der Waals surface area contributed by atoms with Crippen LogP contribution < -0.4 is 0 Å². The van der Waals surface area contributed by atoms with Gasteiger partial charge in [0.1, 0.15) is 11.2 Å². The Labute approximate surface area is 328 Å². The second-order valence-corrected chi connectivity index (χ2v) is 15.2. The van der Waals surface area contributed by atoms with E-state index < -0.39 is 23.1 Å². The summed E-state index contributed by atoms with van der Waals surface area (Å²) in [6, 6.07) is 5.36. The molecule has 0 fully saturated rings. The summed E-state index contributed by atoms with van der Waals surface area (Å²) in [5.41, 5.74) is 2.95. The summed E-state index contributed by atoms with van der Waals surface area (Å²) < 4.78 is 21.8. The molecule has 0 radical (unpaired) electrons. The molecular formula is C43H58N4O9. The van der Waals surface area contributed by atoms with Gasteiger partial charge in [-0.25, -0.2) is 4.79 Å². The number of ether oxygens (including phenoxy) is 4. The van der Waals surface area contributed by atoms with E-state index >= 15 is 0 Å². The number of aromatic amines is 2. The van der Waals surface area contributed by atoms with Gasteiger partial charge in [-0.05, 0) is 76.3 Å². The molecule has 0 saturated heterocycles. The summed E-state index contributed by atoms with van der Waals surface area (Å²) in [4.78, 5) is 56.3. The first kappa shape index (κ1) is 42.6. The molecule has 13 heteroatoms. The largest absolute Gasteiger partial charge is 0.469 e. The molecule has 5 rings (SSSR count). The van der Waals surface area contributed by atoms with E-state index in [0.717, 1.165) is 42.3 Å². The van der Waals surface area contributed by atoms with Crippen molar-refractivity contribution in [2.24, 2.45) is 0 Å². The molecule has 3 aromatic heterocycles. The molecule has 0 aromatic carbocycles. The third-order valence-corrected chi connectivity index (χ3v) is 11.9. The van der Waals surface area contributed by atoms with Crippen molar-refractivity contribution < 1.29 is 43.5 Å². The van der Waals surface area contributed by atoms with Gasteiger partial charge in [-0.15, -0.1) is 0 Å². The van der Waals surface area contributed by atoms with Crippen LogP contribution in [0.15, 0.2) is 18.2 Å². The van der Waals surface area contributed by atoms with E-state index in [4.69, 9.17) is 28.9 Å². The molecule has 13 nitrogen and oxygen atoms in total. The molecule has 0 aliphatic carbocycles. The Balaban J connectivity index is 1.97. The SMILES string of the molecule is CCCCCCOC(C)c1c(C)c2cc3nc(c(CC(=O)OC)c4[nH]c(cc5nc(cc1[nH]2)C(C)(O)C5(O)CC)c(C)c4C(=O)OC)[C@@H](CCC(=O)OC)[C@@H]3C. The molecule has 3 unspecified atom stereocenters. The number of carbonyl (C=O) groups excluding carboxylic acids is 3. The first-order valence-corrected chi connectivity index (χ1v) is 19.6. The number of hydrogen-bond donors (Lipinski definition) is 4. The van der Waals surface area contributed by atoms with Crippen LogP contribution in [0.3, 0.4) is 0 Å². The van der Waals surface area contributed by atoms with E-state index in [1.165, 1.54) is 21.3 Å². The summed E-state index contributed by atoms with van der Waals surface area (Å²) >= 11 is 0. The predicted molar refractivity (Wildman–Crippen MR) is 212 cm³/mol. The first-order valence-electron chi connectivity index (χ1n) is 19.6. The maximum Gasteiger partial charge on any atom is 0.340 e. The molecule has 5 heterocycles. The summed E-state index contributed by atoms with van der Waals surface area (Å²) in [7, 11) is 3.91. The molecule has 2 aliphatic heterocycles. The number of carbonyl (C=O) groups is 3. The van der Waals surface area contributed by atoms with E-state index in [9.17, 15) is 24.6 Å². The number of aromatic nitrogens is 4. The molecule has 2 aliphatic rings. The Morgan fingerprint density at radius 3 is 2.20 bits per heavy atom. The van der Waals surface area contributed by atoms with Crippen molar-refractivity contribution in [3.05, 3.63) is 68.8 Å². The molecule has 5 atom stereocenters. The lowest BCUT2D eigenvalue weighted by Crippen LogP contribution is -2.43. The maximum absolute atomic E-state index is 13.6. The van der Waals surface area contributed by atoms with Gasteiger partial charge in [0.25, 0.3) is 0 Å². The van der Waals surface area contributed by atoms with E-state index in [2.05, 4.69) is 16.9 Å². The van der Waals surface area contributed by atoms with Gasteiger partial charge in [0.2, 0.25) is 0 Å². The fourth-order valence-electron chi connectivity index (χ4n) is 8.22. The highest BCUT2D eigenvalue weighted by Crippen LogP contribution is 2.47. The number of aliphatic hydroxyl groups is 2. The van der Waals surface area contributed by atoms with Gasteiger partial charge in [-0.2, -0.15) is 0 Å². The van der Waals surface area contributed by atoms with Gasteiger partial charge in [0.15, 0.2) is 0 Å². The van der Waals surface area contributed by atoms with Crippen molar-refractivity contribution in [3.63, 3.8) is 0 Å². The van der Waals surface area contributed by atoms with Crippen LogP contribution in [0.5, 0.6) is 0 Å². The number of esters is 3. The van der Waals surface area contributed by atoms with Crippen LogP contribution >= 0.6 is 0 Å². The summed E-state index contributed by atoms with van der Waals surface area (Å²) in [6.45, 7) is 13.8. The van der Waals surface area contributed by atoms with Crippen LogP contribution in [0.1, 0.15) is 153 Å². The Bertz CT molecular complexity index is 2130. The minimum absolute atomic E-state index is 0.0990. The predicted octanol–water partition coefficient (Wildman–Crippen LogP) is 7.44. The van der Waals surface area contributed by atoms with E-state index in [1.54, 1.807) is 32.9 Å². The fourth-order valence-corrected chi connectivity index (χ4v) is 8.22. The number of aryl methyl sites for hydroxylation is 2. The van der Waals surface area contributed by atoms with Gasteiger partial charge in [-0.3, -0.25) is 19.6 Å². The van der Waals surface area contributed by atoms with Gasteiger partial charge in [0, 0.05) is 58.2 Å². The number of rotatable bonds is 14. The molecule has 4 N–H and O–H groups in total. The van der Waals surface area contributed by atoms with Gasteiger partial charge in [-0.1, -0.05) is 40.0 Å². The minimum Gasteiger partial charge on any atom is -0.469 e. The maximum atomic E-state index is 13.6. The second kappa shape index (κ2) is 17.3. The van der Waals surface area contributed by atoms with Crippen molar-refractivity contribution in [2.75, 3.05) is 27.9 Å². The Morgan fingerprint density at radius 2 is 1.55 bits per heavy atom. The average molecular weight is 775 g/mol. The van der Waals surface area contributed by atoms with E-state index in [-0.39, 0.29) is 60.1 Å². The number of H-pyrrole nitrogens is 2. The van der Waals surface area contributed by atoms with Gasteiger partial charge < -0.3 is 39.1 Å². The third-order valence-electron chi connectivity index (χ3n) is 11.9. The Hall–Kier alpha value is -4.59. The zero-order valence-corrected chi connectivity index (χ0v) is 34.5. The van der Waals surface area contributed by atoms with Crippen LogP contribution in [0.2, 0.25) is 0 Å². The normalized spacial score (nSPS) is 21.1. The zero-order chi connectivity index (χ0) is 41.1. The van der Waals surface area contributed by atoms with Crippen LogP contribution in [-0.2, 0) is 46.2 Å². The molecule has 0 saturated carbocycles. The summed E-state index contributed by atoms with van der Waals surface area (Å²) in [6.07, 6.45) is 4.25. The lowest BCUT2D eigenvalue weighted by atomic mass is 9.80. The quantitative estimate of drug-likeness (QED) is 0.0725. The molecule has 0 spiro atoms. The Kier molecular flexibility index (Phi) is 13.1. The van der Waals surface area contributed by atoms with Crippen molar-refractivity contribution in [2.45, 2.75) is 129 Å². The first-order chi connectivity index (χ1) is 26.6. The monoisotopic (exact) mass is 774 g/mol. The number of hydrogen-bond acceptors (Lipinski definition) is 11. The fraction of sp³-hybridized carbons (Fsp3) is 0.558. The molecule has 304 valence electrons. The van der Waals surface area contributed by atoms with E-state index in [1.807, 2.05) is 26.8 Å². The van der Waals surface area contributed by atoms with Crippen LogP contribution in [0.25, 0.3) is 22.1 Å². The van der Waals surface area contributed by atoms with Crippen LogP contribution in [0.4, 0.5) is 0 Å². The number of nitrogens with one attached hydrogen (secondary N) is 2. The lowest BCUT2D eigenvalue weighted by Gasteiger charge is -2.34. The lowest BCUT2D eigenvalue weighted by molar-refractivity contribution is -0.148. The van der Waals surface area contributed by atoms with Crippen molar-refractivity contribution in [1.82, 2.24) is 19.9 Å². The highest BCUT2D eigenvalue weighted by atomic mass is 16.5. The minimum atomic E-state index is -1.82. The summed E-state index contributed by atoms with van der Waals surface area (Å²) in [5.74, 6) is -2.20. The van der Waals surface area contributed by atoms with Crippen LogP contribution in [0, 0.1) is 13.8 Å². The zero-order valence-electron chi connectivity index (χ0n) is 34.5. The highest BCUT2D eigenvalue weighted by Gasteiger charge is 2.53. The van der Waals surface area contributed by atoms with Crippen molar-refractivity contribution in [3.8, 4) is 0 Å². The number of fused-ring (bicyclic) bond motifs is 8. The molecule has 3 aromatic rings. The molecule has 8 bridgehead atoms.